The van der Waals surface area contributed by atoms with Crippen molar-refractivity contribution < 1.29 is 8.78 Å². The van der Waals surface area contributed by atoms with E-state index < -0.39 is 11.3 Å². The second-order valence-corrected chi connectivity index (χ2v) is 5.69. The third-order valence-electron chi connectivity index (χ3n) is 4.40. The first-order valence-electron chi connectivity index (χ1n) is 6.82. The highest BCUT2D eigenvalue weighted by atomic mass is 19.3. The Bertz CT molecular complexity index is 438. The van der Waals surface area contributed by atoms with Gasteiger partial charge < -0.3 is 5.32 Å². The Labute approximate surface area is 112 Å². The van der Waals surface area contributed by atoms with Crippen LogP contribution in [0.5, 0.6) is 0 Å². The fourth-order valence-electron chi connectivity index (χ4n) is 3.22. The molecule has 2 aliphatic heterocycles. The molecule has 3 nitrogen and oxygen atoms in total. The van der Waals surface area contributed by atoms with Crippen LogP contribution in [0.15, 0.2) is 24.4 Å². The zero-order valence-corrected chi connectivity index (χ0v) is 10.9. The van der Waals surface area contributed by atoms with Gasteiger partial charge in [0.05, 0.1) is 11.1 Å². The van der Waals surface area contributed by atoms with E-state index in [0.717, 1.165) is 12.2 Å². The minimum absolute atomic E-state index is 0.0373. The number of piperidine rings is 1. The maximum Gasteiger partial charge on any atom is 0.257 e. The molecule has 2 saturated heterocycles. The molecular formula is C14H19F2N3. The first kappa shape index (κ1) is 12.9. The SMILES string of the molecule is FC1(F)CCNCC12CCN(Cc1ccccn1)C2. The lowest BCUT2D eigenvalue weighted by molar-refractivity contribution is -0.135. The summed E-state index contributed by atoms with van der Waals surface area (Å²) < 4.78 is 28.4. The van der Waals surface area contributed by atoms with E-state index in [9.17, 15) is 8.78 Å². The molecular weight excluding hydrogens is 248 g/mol. The van der Waals surface area contributed by atoms with E-state index in [4.69, 9.17) is 0 Å². The van der Waals surface area contributed by atoms with Gasteiger partial charge in [0.15, 0.2) is 0 Å². The van der Waals surface area contributed by atoms with E-state index in [2.05, 4.69) is 15.2 Å². The Kier molecular flexibility index (Phi) is 3.27. The fourth-order valence-corrected chi connectivity index (χ4v) is 3.22. The average Bonchev–Trinajstić information content (AvgIpc) is 2.80. The number of nitrogens with zero attached hydrogens (tertiary/aromatic N) is 2. The van der Waals surface area contributed by atoms with Crippen LogP contribution in [-0.4, -0.2) is 42.0 Å². The number of aromatic nitrogens is 1. The number of likely N-dealkylation sites (tertiary alicyclic amines) is 1. The van der Waals surface area contributed by atoms with Crippen LogP contribution in [0.2, 0.25) is 0 Å². The summed E-state index contributed by atoms with van der Waals surface area (Å²) in [4.78, 5) is 6.37. The third kappa shape index (κ3) is 2.37. The van der Waals surface area contributed by atoms with Crippen molar-refractivity contribution in [2.45, 2.75) is 25.3 Å². The van der Waals surface area contributed by atoms with Crippen LogP contribution >= 0.6 is 0 Å². The van der Waals surface area contributed by atoms with E-state index in [1.165, 1.54) is 0 Å². The van der Waals surface area contributed by atoms with Crippen molar-refractivity contribution in [2.75, 3.05) is 26.2 Å². The summed E-state index contributed by atoms with van der Waals surface area (Å²) in [6, 6.07) is 5.75. The van der Waals surface area contributed by atoms with Crippen molar-refractivity contribution in [1.29, 1.82) is 0 Å². The van der Waals surface area contributed by atoms with E-state index in [1.54, 1.807) is 6.20 Å². The smallest absolute Gasteiger partial charge is 0.257 e. The number of pyridine rings is 1. The van der Waals surface area contributed by atoms with Crippen molar-refractivity contribution in [3.8, 4) is 0 Å². The maximum atomic E-state index is 14.2. The van der Waals surface area contributed by atoms with Crippen LogP contribution in [0.4, 0.5) is 8.78 Å². The Morgan fingerprint density at radius 2 is 2.21 bits per heavy atom. The number of halogens is 2. The summed E-state index contributed by atoms with van der Waals surface area (Å²) in [5.74, 6) is -2.54. The van der Waals surface area contributed by atoms with Crippen LogP contribution < -0.4 is 5.32 Å². The lowest BCUT2D eigenvalue weighted by atomic mass is 9.76. The third-order valence-corrected chi connectivity index (χ3v) is 4.40. The van der Waals surface area contributed by atoms with Crippen LogP contribution in [0, 0.1) is 5.41 Å². The van der Waals surface area contributed by atoms with E-state index >= 15 is 0 Å². The van der Waals surface area contributed by atoms with Gasteiger partial charge in [-0.25, -0.2) is 8.78 Å². The topological polar surface area (TPSA) is 28.2 Å². The molecule has 19 heavy (non-hydrogen) atoms. The van der Waals surface area contributed by atoms with Gasteiger partial charge in [-0.15, -0.1) is 0 Å². The van der Waals surface area contributed by atoms with E-state index in [0.29, 0.717) is 32.6 Å². The molecule has 2 aliphatic rings. The molecule has 3 heterocycles. The summed E-state index contributed by atoms with van der Waals surface area (Å²) in [6.07, 6.45) is 2.28. The summed E-state index contributed by atoms with van der Waals surface area (Å²) in [6.45, 7) is 2.71. The van der Waals surface area contributed by atoms with Crippen LogP contribution in [0.25, 0.3) is 0 Å². The quantitative estimate of drug-likeness (QED) is 0.887. The van der Waals surface area contributed by atoms with Gasteiger partial charge in [0, 0.05) is 38.8 Å². The van der Waals surface area contributed by atoms with Crippen molar-refractivity contribution in [3.63, 3.8) is 0 Å². The molecule has 1 spiro atoms. The molecule has 0 saturated carbocycles. The first-order valence-corrected chi connectivity index (χ1v) is 6.82. The highest BCUT2D eigenvalue weighted by Crippen LogP contribution is 2.47. The summed E-state index contributed by atoms with van der Waals surface area (Å²) in [7, 11) is 0. The van der Waals surface area contributed by atoms with Crippen LogP contribution in [0.3, 0.4) is 0 Å². The van der Waals surface area contributed by atoms with Gasteiger partial charge in [0.2, 0.25) is 0 Å². The van der Waals surface area contributed by atoms with Crippen molar-refractivity contribution in [1.82, 2.24) is 15.2 Å². The van der Waals surface area contributed by atoms with Gasteiger partial charge in [-0.3, -0.25) is 9.88 Å². The van der Waals surface area contributed by atoms with Gasteiger partial charge in [-0.05, 0) is 25.1 Å². The Balaban J connectivity index is 1.69. The molecule has 0 aromatic carbocycles. The van der Waals surface area contributed by atoms with E-state index in [-0.39, 0.29) is 6.42 Å². The lowest BCUT2D eigenvalue weighted by Gasteiger charge is -2.41. The van der Waals surface area contributed by atoms with Crippen molar-refractivity contribution in [3.05, 3.63) is 30.1 Å². The standard InChI is InChI=1S/C14H19F2N3/c15-14(16)4-7-17-10-13(14)5-8-19(11-13)9-12-3-1-2-6-18-12/h1-3,6,17H,4-5,7-11H2. The van der Waals surface area contributed by atoms with E-state index in [1.807, 2.05) is 18.2 Å². The molecule has 1 aromatic rings. The molecule has 3 rings (SSSR count). The molecule has 2 fully saturated rings. The van der Waals surface area contributed by atoms with Crippen molar-refractivity contribution >= 4 is 0 Å². The average molecular weight is 267 g/mol. The molecule has 0 amide bonds. The minimum Gasteiger partial charge on any atom is -0.316 e. The molecule has 1 unspecified atom stereocenters. The largest absolute Gasteiger partial charge is 0.316 e. The molecule has 1 N–H and O–H groups in total. The summed E-state index contributed by atoms with van der Waals surface area (Å²) in [5.41, 5.74) is 0.0756. The van der Waals surface area contributed by atoms with Crippen molar-refractivity contribution in [2.24, 2.45) is 5.41 Å². The number of hydrogen-bond donors (Lipinski definition) is 1. The molecule has 1 atom stereocenters. The minimum atomic E-state index is -2.54. The zero-order valence-electron chi connectivity index (χ0n) is 10.9. The van der Waals surface area contributed by atoms with Gasteiger partial charge in [-0.1, -0.05) is 6.07 Å². The first-order chi connectivity index (χ1) is 9.11. The summed E-state index contributed by atoms with van der Waals surface area (Å²) in [5, 5.41) is 3.14. The molecule has 5 heteroatoms. The monoisotopic (exact) mass is 267 g/mol. The highest BCUT2D eigenvalue weighted by molar-refractivity contribution is 5.07. The Hall–Kier alpha value is -1.07. The van der Waals surface area contributed by atoms with Gasteiger partial charge >= 0.3 is 0 Å². The predicted molar refractivity (Wildman–Crippen MR) is 69.0 cm³/mol. The van der Waals surface area contributed by atoms with Crippen LogP contribution in [-0.2, 0) is 6.54 Å². The molecule has 1 aromatic heterocycles. The molecule has 0 bridgehead atoms. The summed E-state index contributed by atoms with van der Waals surface area (Å²) >= 11 is 0. The lowest BCUT2D eigenvalue weighted by Crippen LogP contribution is -2.55. The van der Waals surface area contributed by atoms with Crippen LogP contribution in [0.1, 0.15) is 18.5 Å². The highest BCUT2D eigenvalue weighted by Gasteiger charge is 2.57. The maximum absolute atomic E-state index is 14.2. The van der Waals surface area contributed by atoms with Gasteiger partial charge in [0.25, 0.3) is 5.92 Å². The van der Waals surface area contributed by atoms with Gasteiger partial charge in [0.1, 0.15) is 0 Å². The Morgan fingerprint density at radius 3 is 2.95 bits per heavy atom. The molecule has 104 valence electrons. The Morgan fingerprint density at radius 1 is 1.32 bits per heavy atom. The number of alkyl halides is 2. The number of hydrogen-bond acceptors (Lipinski definition) is 3. The number of nitrogens with one attached hydrogen (secondary N) is 1. The fraction of sp³-hybridized carbons (Fsp3) is 0.643. The second-order valence-electron chi connectivity index (χ2n) is 5.69. The number of rotatable bonds is 2. The predicted octanol–water partition coefficient (Wildman–Crippen LogP) is 1.90. The molecule has 0 aliphatic carbocycles. The normalized spacial score (nSPS) is 30.8. The van der Waals surface area contributed by atoms with Gasteiger partial charge in [-0.2, -0.15) is 0 Å². The second kappa shape index (κ2) is 4.80. The molecule has 0 radical (unpaired) electrons. The zero-order chi connectivity index (χ0) is 13.3.